The molecular weight excluding hydrogens is 152 g/mol. The number of hydroxylamine groups is 1. The van der Waals surface area contributed by atoms with Crippen molar-refractivity contribution >= 4 is 5.71 Å². The zero-order chi connectivity index (χ0) is 9.35. The number of hydrogen-bond acceptors (Lipinski definition) is 3. The first-order valence-electron chi connectivity index (χ1n) is 4.43. The third-order valence-corrected chi connectivity index (χ3v) is 2.05. The lowest BCUT2D eigenvalue weighted by molar-refractivity contribution is 0.0519. The van der Waals surface area contributed by atoms with Crippen LogP contribution in [0.25, 0.3) is 0 Å². The van der Waals surface area contributed by atoms with E-state index in [9.17, 15) is 0 Å². The summed E-state index contributed by atoms with van der Waals surface area (Å²) in [4.78, 5) is 4.90. The fraction of sp³-hybridized carbons (Fsp3) is 0.889. The van der Waals surface area contributed by atoms with Crippen molar-refractivity contribution in [1.29, 1.82) is 0 Å². The highest BCUT2D eigenvalue weighted by molar-refractivity contribution is 5.94. The average molecular weight is 170 g/mol. The topological polar surface area (TPSA) is 33.6 Å². The highest BCUT2D eigenvalue weighted by atomic mass is 16.8. The Hall–Kier alpha value is -0.570. The first-order chi connectivity index (χ1) is 5.43. The number of rotatable bonds is 1. The fourth-order valence-corrected chi connectivity index (χ4v) is 1.30. The van der Waals surface area contributed by atoms with E-state index in [1.54, 1.807) is 0 Å². The van der Waals surface area contributed by atoms with Gasteiger partial charge in [-0.25, -0.2) is 0 Å². The van der Waals surface area contributed by atoms with Crippen molar-refractivity contribution in [2.45, 2.75) is 40.7 Å². The number of oxime groups is 1. The molecule has 70 valence electrons. The SMILES string of the molecule is CC(C)C1NON=C1C(C)(C)C. The molecule has 0 aromatic carbocycles. The standard InChI is InChI=1S/C9H18N2O/c1-6(2)7-8(9(3,4)5)11-12-10-7/h6-7,10H,1-5H3. The predicted octanol–water partition coefficient (Wildman–Crippen LogP) is 1.95. The molecule has 0 aromatic rings. The predicted molar refractivity (Wildman–Crippen MR) is 49.7 cm³/mol. The molecule has 0 spiro atoms. The van der Waals surface area contributed by atoms with Gasteiger partial charge in [0.2, 0.25) is 0 Å². The van der Waals surface area contributed by atoms with Crippen LogP contribution in [0.15, 0.2) is 5.16 Å². The van der Waals surface area contributed by atoms with Gasteiger partial charge in [0.1, 0.15) is 0 Å². The molecule has 3 nitrogen and oxygen atoms in total. The van der Waals surface area contributed by atoms with E-state index in [2.05, 4.69) is 45.3 Å². The van der Waals surface area contributed by atoms with Gasteiger partial charge >= 0.3 is 0 Å². The lowest BCUT2D eigenvalue weighted by atomic mass is 9.82. The Labute approximate surface area is 74.1 Å². The maximum absolute atomic E-state index is 4.90. The van der Waals surface area contributed by atoms with Crippen LogP contribution in [0.5, 0.6) is 0 Å². The Morgan fingerprint density at radius 1 is 1.42 bits per heavy atom. The zero-order valence-electron chi connectivity index (χ0n) is 8.51. The van der Waals surface area contributed by atoms with E-state index < -0.39 is 0 Å². The lowest BCUT2D eigenvalue weighted by Crippen LogP contribution is -2.40. The quantitative estimate of drug-likeness (QED) is 0.652. The minimum atomic E-state index is 0.0957. The number of nitrogens with one attached hydrogen (secondary N) is 1. The monoisotopic (exact) mass is 170 g/mol. The van der Waals surface area contributed by atoms with E-state index in [1.165, 1.54) is 0 Å². The second-order valence-electron chi connectivity index (χ2n) is 4.66. The second-order valence-corrected chi connectivity index (χ2v) is 4.66. The Morgan fingerprint density at radius 3 is 2.33 bits per heavy atom. The van der Waals surface area contributed by atoms with Crippen molar-refractivity contribution in [1.82, 2.24) is 5.48 Å². The van der Waals surface area contributed by atoms with Gasteiger partial charge in [0.25, 0.3) is 0 Å². The van der Waals surface area contributed by atoms with Gasteiger partial charge in [-0.05, 0) is 5.92 Å². The van der Waals surface area contributed by atoms with Crippen LogP contribution in [0.4, 0.5) is 0 Å². The van der Waals surface area contributed by atoms with Crippen molar-refractivity contribution in [3.8, 4) is 0 Å². The van der Waals surface area contributed by atoms with Crippen LogP contribution in [0, 0.1) is 11.3 Å². The van der Waals surface area contributed by atoms with Crippen molar-refractivity contribution in [3.63, 3.8) is 0 Å². The van der Waals surface area contributed by atoms with Crippen molar-refractivity contribution in [2.24, 2.45) is 16.5 Å². The maximum atomic E-state index is 4.90. The first kappa shape index (κ1) is 9.52. The molecule has 3 heteroatoms. The van der Waals surface area contributed by atoms with Gasteiger partial charge in [0.05, 0.1) is 11.8 Å². The molecule has 1 aliphatic rings. The van der Waals surface area contributed by atoms with Crippen LogP contribution >= 0.6 is 0 Å². The second kappa shape index (κ2) is 3.05. The van der Waals surface area contributed by atoms with Crippen LogP contribution in [0.1, 0.15) is 34.6 Å². The van der Waals surface area contributed by atoms with Crippen LogP contribution in [0.2, 0.25) is 0 Å². The van der Waals surface area contributed by atoms with E-state index in [1.807, 2.05) is 0 Å². The third-order valence-electron chi connectivity index (χ3n) is 2.05. The zero-order valence-corrected chi connectivity index (χ0v) is 8.51. The molecule has 0 radical (unpaired) electrons. The van der Waals surface area contributed by atoms with E-state index in [4.69, 9.17) is 4.94 Å². The van der Waals surface area contributed by atoms with Crippen LogP contribution < -0.4 is 5.48 Å². The maximum Gasteiger partial charge on any atom is 0.0897 e. The molecule has 0 amide bonds. The Morgan fingerprint density at radius 2 is 2.00 bits per heavy atom. The van der Waals surface area contributed by atoms with Gasteiger partial charge in [-0.1, -0.05) is 39.8 Å². The van der Waals surface area contributed by atoms with E-state index in [0.717, 1.165) is 5.71 Å². The lowest BCUT2D eigenvalue weighted by Gasteiger charge is -2.24. The molecule has 0 aliphatic carbocycles. The highest BCUT2D eigenvalue weighted by Crippen LogP contribution is 2.24. The molecule has 1 aliphatic heterocycles. The minimum Gasteiger partial charge on any atom is -0.299 e. The summed E-state index contributed by atoms with van der Waals surface area (Å²) in [6.07, 6.45) is 0. The molecule has 12 heavy (non-hydrogen) atoms. The van der Waals surface area contributed by atoms with Crippen molar-refractivity contribution < 1.29 is 4.94 Å². The van der Waals surface area contributed by atoms with Crippen LogP contribution in [-0.2, 0) is 4.94 Å². The molecule has 1 heterocycles. The van der Waals surface area contributed by atoms with E-state index in [0.29, 0.717) is 5.92 Å². The van der Waals surface area contributed by atoms with Gasteiger partial charge in [-0.15, -0.1) is 5.48 Å². The molecule has 1 atom stereocenters. The number of hydrogen-bond donors (Lipinski definition) is 1. The minimum absolute atomic E-state index is 0.0957. The van der Waals surface area contributed by atoms with Gasteiger partial charge in [0, 0.05) is 5.41 Å². The van der Waals surface area contributed by atoms with Gasteiger partial charge in [0.15, 0.2) is 0 Å². The molecule has 0 fully saturated rings. The Kier molecular flexibility index (Phi) is 2.42. The Bertz CT molecular complexity index is 191. The molecule has 0 saturated heterocycles. The summed E-state index contributed by atoms with van der Waals surface area (Å²) in [5.41, 5.74) is 4.11. The van der Waals surface area contributed by atoms with Crippen LogP contribution in [-0.4, -0.2) is 11.8 Å². The summed E-state index contributed by atoms with van der Waals surface area (Å²) in [7, 11) is 0. The molecule has 1 N–H and O–H groups in total. The molecule has 1 rings (SSSR count). The summed E-state index contributed by atoms with van der Waals surface area (Å²) < 4.78 is 0. The van der Waals surface area contributed by atoms with Crippen LogP contribution in [0.3, 0.4) is 0 Å². The summed E-state index contributed by atoms with van der Waals surface area (Å²) in [5.74, 6) is 0.519. The van der Waals surface area contributed by atoms with E-state index >= 15 is 0 Å². The first-order valence-corrected chi connectivity index (χ1v) is 4.43. The molecule has 0 bridgehead atoms. The molecule has 0 aromatic heterocycles. The Balaban J connectivity index is 2.76. The summed E-state index contributed by atoms with van der Waals surface area (Å²) in [6.45, 7) is 10.8. The average Bonchev–Trinajstić information content (AvgIpc) is 2.30. The largest absolute Gasteiger partial charge is 0.299 e. The molecule has 0 saturated carbocycles. The summed E-state index contributed by atoms with van der Waals surface area (Å²) >= 11 is 0. The highest BCUT2D eigenvalue weighted by Gasteiger charge is 2.34. The summed E-state index contributed by atoms with van der Waals surface area (Å²) in [5, 5.41) is 4.02. The van der Waals surface area contributed by atoms with E-state index in [-0.39, 0.29) is 11.5 Å². The molecular formula is C9H18N2O. The number of nitrogens with zero attached hydrogens (tertiary/aromatic N) is 1. The molecule has 1 unspecified atom stereocenters. The van der Waals surface area contributed by atoms with Gasteiger partial charge in [-0.3, -0.25) is 4.94 Å². The normalized spacial score (nSPS) is 24.2. The van der Waals surface area contributed by atoms with Crippen molar-refractivity contribution in [2.75, 3.05) is 0 Å². The third kappa shape index (κ3) is 1.78. The smallest absolute Gasteiger partial charge is 0.0897 e. The van der Waals surface area contributed by atoms with Crippen molar-refractivity contribution in [3.05, 3.63) is 0 Å². The van der Waals surface area contributed by atoms with Gasteiger partial charge < -0.3 is 0 Å². The summed E-state index contributed by atoms with van der Waals surface area (Å²) in [6, 6.07) is 0.269. The fourth-order valence-electron chi connectivity index (χ4n) is 1.30. The van der Waals surface area contributed by atoms with Gasteiger partial charge in [-0.2, -0.15) is 0 Å².